The molecule has 0 radical (unpaired) electrons. The highest BCUT2D eigenvalue weighted by Crippen LogP contribution is 2.32. The van der Waals surface area contributed by atoms with Crippen molar-refractivity contribution in [3.05, 3.63) is 28.8 Å². The summed E-state index contributed by atoms with van der Waals surface area (Å²) in [5.41, 5.74) is 1.33. The SMILES string of the molecule is CCC1CCCC1Nc1ccc(Cl)cc1C(=O)OC. The minimum absolute atomic E-state index is 0.351. The summed E-state index contributed by atoms with van der Waals surface area (Å²) in [4.78, 5) is 11.8. The monoisotopic (exact) mass is 281 g/mol. The van der Waals surface area contributed by atoms with Crippen molar-refractivity contribution in [1.29, 1.82) is 0 Å². The Kier molecular flexibility index (Phi) is 4.70. The second-order valence-electron chi connectivity index (χ2n) is 5.03. The molecule has 1 N–H and O–H groups in total. The molecule has 3 nitrogen and oxygen atoms in total. The molecule has 19 heavy (non-hydrogen) atoms. The van der Waals surface area contributed by atoms with E-state index in [0.29, 0.717) is 22.5 Å². The van der Waals surface area contributed by atoms with Gasteiger partial charge in [0.05, 0.1) is 12.7 Å². The summed E-state index contributed by atoms with van der Waals surface area (Å²) in [7, 11) is 1.39. The van der Waals surface area contributed by atoms with Crippen LogP contribution < -0.4 is 5.32 Å². The van der Waals surface area contributed by atoms with Gasteiger partial charge in [-0.05, 0) is 37.0 Å². The van der Waals surface area contributed by atoms with Crippen molar-refractivity contribution in [2.24, 2.45) is 5.92 Å². The fourth-order valence-electron chi connectivity index (χ4n) is 2.84. The van der Waals surface area contributed by atoms with E-state index in [2.05, 4.69) is 12.2 Å². The number of halogens is 1. The Morgan fingerprint density at radius 2 is 2.26 bits per heavy atom. The Hall–Kier alpha value is -1.22. The molecule has 1 aliphatic rings. The quantitative estimate of drug-likeness (QED) is 0.844. The molecule has 0 aliphatic heterocycles. The van der Waals surface area contributed by atoms with E-state index in [9.17, 15) is 4.79 Å². The van der Waals surface area contributed by atoms with E-state index in [1.54, 1.807) is 12.1 Å². The summed E-state index contributed by atoms with van der Waals surface area (Å²) in [6.45, 7) is 2.22. The molecule has 0 heterocycles. The minimum Gasteiger partial charge on any atom is -0.465 e. The summed E-state index contributed by atoms with van der Waals surface area (Å²) in [5, 5.41) is 4.04. The first-order chi connectivity index (χ1) is 9.15. The molecular weight excluding hydrogens is 262 g/mol. The van der Waals surface area contributed by atoms with E-state index in [4.69, 9.17) is 16.3 Å². The molecule has 1 aliphatic carbocycles. The van der Waals surface area contributed by atoms with Gasteiger partial charge in [0.15, 0.2) is 0 Å². The van der Waals surface area contributed by atoms with Crippen LogP contribution in [0.4, 0.5) is 5.69 Å². The van der Waals surface area contributed by atoms with Crippen molar-refractivity contribution < 1.29 is 9.53 Å². The second-order valence-corrected chi connectivity index (χ2v) is 5.47. The van der Waals surface area contributed by atoms with E-state index < -0.39 is 0 Å². The van der Waals surface area contributed by atoms with Crippen LogP contribution in [0.3, 0.4) is 0 Å². The van der Waals surface area contributed by atoms with Crippen LogP contribution in [-0.4, -0.2) is 19.1 Å². The molecule has 4 heteroatoms. The Labute approximate surface area is 119 Å². The van der Waals surface area contributed by atoms with Gasteiger partial charge in [-0.1, -0.05) is 31.4 Å². The van der Waals surface area contributed by atoms with E-state index in [1.165, 1.54) is 26.4 Å². The highest BCUT2D eigenvalue weighted by molar-refractivity contribution is 6.31. The Morgan fingerprint density at radius 1 is 1.47 bits per heavy atom. The fourth-order valence-corrected chi connectivity index (χ4v) is 3.01. The molecule has 1 fully saturated rings. The number of esters is 1. The average Bonchev–Trinajstić information content (AvgIpc) is 2.87. The number of methoxy groups -OCH3 is 1. The summed E-state index contributed by atoms with van der Waals surface area (Å²) < 4.78 is 4.81. The Balaban J connectivity index is 2.22. The molecule has 0 saturated heterocycles. The number of anilines is 1. The summed E-state index contributed by atoms with van der Waals surface area (Å²) >= 11 is 5.95. The zero-order chi connectivity index (χ0) is 13.8. The first-order valence-electron chi connectivity index (χ1n) is 6.80. The standard InChI is InChI=1S/C15H20ClNO2/c1-3-10-5-4-6-13(10)17-14-8-7-11(16)9-12(14)15(18)19-2/h7-10,13,17H,3-6H2,1-2H3. The Morgan fingerprint density at radius 3 is 2.95 bits per heavy atom. The third kappa shape index (κ3) is 3.21. The largest absolute Gasteiger partial charge is 0.465 e. The molecular formula is C15H20ClNO2. The number of carbonyl (C=O) groups excluding carboxylic acids is 1. The summed E-state index contributed by atoms with van der Waals surface area (Å²) in [6.07, 6.45) is 4.83. The number of ether oxygens (including phenoxy) is 1. The second kappa shape index (κ2) is 6.29. The van der Waals surface area contributed by atoms with Crippen molar-refractivity contribution in [3.63, 3.8) is 0 Å². The third-order valence-electron chi connectivity index (χ3n) is 3.91. The van der Waals surface area contributed by atoms with Crippen LogP contribution in [0, 0.1) is 5.92 Å². The number of carbonyl (C=O) groups is 1. The molecule has 0 bridgehead atoms. The van der Waals surface area contributed by atoms with Gasteiger partial charge in [-0.15, -0.1) is 0 Å². The van der Waals surface area contributed by atoms with Gasteiger partial charge in [-0.2, -0.15) is 0 Å². The summed E-state index contributed by atoms with van der Waals surface area (Å²) in [5.74, 6) is 0.331. The van der Waals surface area contributed by atoms with Crippen LogP contribution in [-0.2, 0) is 4.74 Å². The van der Waals surface area contributed by atoms with Gasteiger partial charge in [0.2, 0.25) is 0 Å². The zero-order valence-electron chi connectivity index (χ0n) is 11.4. The number of nitrogens with one attached hydrogen (secondary N) is 1. The van der Waals surface area contributed by atoms with Gasteiger partial charge in [-0.3, -0.25) is 0 Å². The topological polar surface area (TPSA) is 38.3 Å². The maximum absolute atomic E-state index is 11.8. The number of benzene rings is 1. The van der Waals surface area contributed by atoms with Gasteiger partial charge >= 0.3 is 5.97 Å². The lowest BCUT2D eigenvalue weighted by Crippen LogP contribution is -2.24. The lowest BCUT2D eigenvalue weighted by Gasteiger charge is -2.22. The molecule has 0 amide bonds. The van der Waals surface area contributed by atoms with Crippen LogP contribution in [0.15, 0.2) is 18.2 Å². The van der Waals surface area contributed by atoms with Crippen molar-refractivity contribution >= 4 is 23.3 Å². The lowest BCUT2D eigenvalue weighted by atomic mass is 10.00. The molecule has 2 unspecified atom stereocenters. The van der Waals surface area contributed by atoms with Gasteiger partial charge < -0.3 is 10.1 Å². The lowest BCUT2D eigenvalue weighted by molar-refractivity contribution is 0.0601. The normalized spacial score (nSPS) is 22.3. The predicted octanol–water partition coefficient (Wildman–Crippen LogP) is 4.12. The molecule has 1 saturated carbocycles. The number of hydrogen-bond donors (Lipinski definition) is 1. The van der Waals surface area contributed by atoms with Crippen LogP contribution in [0.25, 0.3) is 0 Å². The van der Waals surface area contributed by atoms with E-state index >= 15 is 0 Å². The minimum atomic E-state index is -0.351. The molecule has 104 valence electrons. The molecule has 1 aromatic carbocycles. The smallest absolute Gasteiger partial charge is 0.340 e. The van der Waals surface area contributed by atoms with Crippen molar-refractivity contribution in [1.82, 2.24) is 0 Å². The zero-order valence-corrected chi connectivity index (χ0v) is 12.2. The van der Waals surface area contributed by atoms with E-state index in [1.807, 2.05) is 6.07 Å². The number of hydrogen-bond acceptors (Lipinski definition) is 3. The van der Waals surface area contributed by atoms with E-state index in [-0.39, 0.29) is 5.97 Å². The van der Waals surface area contributed by atoms with Crippen LogP contribution >= 0.6 is 11.6 Å². The molecule has 2 rings (SSSR count). The van der Waals surface area contributed by atoms with Gasteiger partial charge in [0.1, 0.15) is 0 Å². The number of rotatable bonds is 4. The fraction of sp³-hybridized carbons (Fsp3) is 0.533. The maximum Gasteiger partial charge on any atom is 0.340 e. The van der Waals surface area contributed by atoms with Gasteiger partial charge in [-0.25, -0.2) is 4.79 Å². The maximum atomic E-state index is 11.8. The Bertz CT molecular complexity index is 461. The van der Waals surface area contributed by atoms with Crippen molar-refractivity contribution in [3.8, 4) is 0 Å². The predicted molar refractivity (Wildman–Crippen MR) is 77.8 cm³/mol. The molecule has 1 aromatic rings. The van der Waals surface area contributed by atoms with Crippen LogP contribution in [0.1, 0.15) is 43.0 Å². The first-order valence-corrected chi connectivity index (χ1v) is 7.18. The molecule has 0 aromatic heterocycles. The van der Waals surface area contributed by atoms with Gasteiger partial charge in [0.25, 0.3) is 0 Å². The molecule has 0 spiro atoms. The van der Waals surface area contributed by atoms with Crippen LogP contribution in [0.5, 0.6) is 0 Å². The average molecular weight is 282 g/mol. The summed E-state index contributed by atoms with van der Waals surface area (Å²) in [6, 6.07) is 5.76. The highest BCUT2D eigenvalue weighted by Gasteiger charge is 2.26. The molecule has 2 atom stereocenters. The third-order valence-corrected chi connectivity index (χ3v) is 4.15. The van der Waals surface area contributed by atoms with Gasteiger partial charge in [0, 0.05) is 16.8 Å². The van der Waals surface area contributed by atoms with Crippen molar-refractivity contribution in [2.45, 2.75) is 38.6 Å². The van der Waals surface area contributed by atoms with Crippen LogP contribution in [0.2, 0.25) is 5.02 Å². The first kappa shape index (κ1) is 14.2. The highest BCUT2D eigenvalue weighted by atomic mass is 35.5. The van der Waals surface area contributed by atoms with Crippen molar-refractivity contribution in [2.75, 3.05) is 12.4 Å². The van der Waals surface area contributed by atoms with E-state index in [0.717, 1.165) is 12.1 Å².